The quantitative estimate of drug-likeness (QED) is 0.588. The van der Waals surface area contributed by atoms with Crippen molar-refractivity contribution in [3.8, 4) is 0 Å². The highest BCUT2D eigenvalue weighted by atomic mass is 16.6. The molecule has 134 valence electrons. The molecule has 0 heterocycles. The van der Waals surface area contributed by atoms with Crippen LogP contribution < -0.4 is 0 Å². The number of ether oxygens (including phenoxy) is 2. The minimum absolute atomic E-state index is 0.0592. The zero-order valence-corrected chi connectivity index (χ0v) is 15.6. The molecule has 24 heavy (non-hydrogen) atoms. The lowest BCUT2D eigenvalue weighted by atomic mass is 9.92. The average molecular weight is 335 g/mol. The first-order valence-corrected chi connectivity index (χ1v) is 8.18. The summed E-state index contributed by atoms with van der Waals surface area (Å²) in [7, 11) is 0. The molecule has 0 spiro atoms. The van der Waals surface area contributed by atoms with Crippen LogP contribution in [0.25, 0.3) is 0 Å². The Hall–Kier alpha value is -2.04. The molecule has 0 aromatic heterocycles. The third-order valence-corrected chi connectivity index (χ3v) is 3.14. The zero-order valence-electron chi connectivity index (χ0n) is 15.6. The van der Waals surface area contributed by atoms with Gasteiger partial charge in [-0.3, -0.25) is 4.90 Å². The van der Waals surface area contributed by atoms with Gasteiger partial charge in [0.2, 0.25) is 0 Å². The third kappa shape index (κ3) is 7.99. The molecule has 1 aromatic carbocycles. The number of nitrogens with zero attached hydrogens (tertiary/aromatic N) is 1. The van der Waals surface area contributed by atoms with Gasteiger partial charge in [-0.15, -0.1) is 0 Å². The van der Waals surface area contributed by atoms with Crippen molar-refractivity contribution in [2.75, 3.05) is 13.3 Å². The molecule has 0 unspecified atom stereocenters. The van der Waals surface area contributed by atoms with Crippen molar-refractivity contribution in [2.24, 2.45) is 5.41 Å². The molecule has 0 saturated carbocycles. The maximum absolute atomic E-state index is 12.3. The molecule has 5 heteroatoms. The van der Waals surface area contributed by atoms with E-state index in [1.165, 1.54) is 4.90 Å². The Morgan fingerprint density at radius 2 is 1.58 bits per heavy atom. The van der Waals surface area contributed by atoms with Crippen molar-refractivity contribution in [3.63, 3.8) is 0 Å². The van der Waals surface area contributed by atoms with E-state index in [0.717, 1.165) is 6.42 Å². The molecule has 0 atom stereocenters. The number of rotatable bonds is 5. The lowest BCUT2D eigenvalue weighted by Gasteiger charge is -2.29. The highest BCUT2D eigenvalue weighted by Gasteiger charge is 2.24. The molecule has 0 aliphatic rings. The molecule has 0 aliphatic heterocycles. The maximum atomic E-state index is 12.3. The number of hydrogen-bond acceptors (Lipinski definition) is 4. The van der Waals surface area contributed by atoms with Gasteiger partial charge in [0, 0.05) is 6.54 Å². The lowest BCUT2D eigenvalue weighted by molar-refractivity contribution is -0.00865. The van der Waals surface area contributed by atoms with Crippen LogP contribution in [0, 0.1) is 5.41 Å². The molecule has 0 radical (unpaired) electrons. The summed E-state index contributed by atoms with van der Waals surface area (Å²) >= 11 is 0. The Bertz CT molecular complexity index is 541. The third-order valence-electron chi connectivity index (χ3n) is 3.14. The molecule has 5 nitrogen and oxygen atoms in total. The van der Waals surface area contributed by atoms with Crippen molar-refractivity contribution in [1.29, 1.82) is 0 Å². The van der Waals surface area contributed by atoms with Gasteiger partial charge in [-0.25, -0.2) is 9.59 Å². The van der Waals surface area contributed by atoms with Crippen LogP contribution in [0.1, 0.15) is 58.3 Å². The van der Waals surface area contributed by atoms with E-state index in [4.69, 9.17) is 9.47 Å². The van der Waals surface area contributed by atoms with Crippen molar-refractivity contribution in [2.45, 2.75) is 53.6 Å². The summed E-state index contributed by atoms with van der Waals surface area (Å²) in [6.07, 6.45) is 0.294. The van der Waals surface area contributed by atoms with E-state index in [1.54, 1.807) is 24.3 Å². The Morgan fingerprint density at radius 3 is 2.08 bits per heavy atom. The SMILES string of the molecule is CC(C)(C)CCN(COC(=O)c1ccccc1)C(=O)OC(C)(C)C. The summed E-state index contributed by atoms with van der Waals surface area (Å²) in [5, 5.41) is 0. The summed E-state index contributed by atoms with van der Waals surface area (Å²) in [4.78, 5) is 25.8. The van der Waals surface area contributed by atoms with Crippen LogP contribution in [0.4, 0.5) is 4.79 Å². The van der Waals surface area contributed by atoms with Gasteiger partial charge in [0.05, 0.1) is 5.56 Å². The highest BCUT2D eigenvalue weighted by Crippen LogP contribution is 2.20. The van der Waals surface area contributed by atoms with Gasteiger partial charge in [0.25, 0.3) is 0 Å². The van der Waals surface area contributed by atoms with Gasteiger partial charge in [-0.1, -0.05) is 39.0 Å². The van der Waals surface area contributed by atoms with Crippen LogP contribution in [-0.4, -0.2) is 35.8 Å². The van der Waals surface area contributed by atoms with Gasteiger partial charge < -0.3 is 9.47 Å². The number of carbonyl (C=O) groups is 2. The summed E-state index contributed by atoms with van der Waals surface area (Å²) in [5.41, 5.74) is -0.0815. The van der Waals surface area contributed by atoms with Crippen molar-refractivity contribution in [1.82, 2.24) is 4.90 Å². The summed E-state index contributed by atoms with van der Waals surface area (Å²) in [6, 6.07) is 8.71. The predicted octanol–water partition coefficient (Wildman–Crippen LogP) is 4.47. The Balaban J connectivity index is 2.70. The standard InChI is InChI=1S/C19H29NO4/c1-18(2,3)12-13-20(17(22)24-19(4,5)6)14-23-16(21)15-10-8-7-9-11-15/h7-11H,12-14H2,1-6H3. The number of hydrogen-bond donors (Lipinski definition) is 0. The molecular formula is C19H29NO4. The molecule has 1 aromatic rings. The number of benzene rings is 1. The number of carbonyl (C=O) groups excluding carboxylic acids is 2. The molecule has 0 saturated heterocycles. The first-order valence-electron chi connectivity index (χ1n) is 8.18. The summed E-state index contributed by atoms with van der Waals surface area (Å²) in [6.45, 7) is 12.0. The Kier molecular flexibility index (Phi) is 6.81. The second-order valence-corrected chi connectivity index (χ2v) is 7.98. The van der Waals surface area contributed by atoms with Crippen LogP contribution >= 0.6 is 0 Å². The average Bonchev–Trinajstić information content (AvgIpc) is 2.44. The minimum Gasteiger partial charge on any atom is -0.444 e. The Morgan fingerprint density at radius 1 is 1.00 bits per heavy atom. The van der Waals surface area contributed by atoms with Gasteiger partial charge in [0.15, 0.2) is 6.73 Å². The fourth-order valence-corrected chi connectivity index (χ4v) is 1.80. The van der Waals surface area contributed by atoms with E-state index in [0.29, 0.717) is 12.1 Å². The van der Waals surface area contributed by atoms with Gasteiger partial charge in [-0.05, 0) is 44.7 Å². The van der Waals surface area contributed by atoms with Crippen molar-refractivity contribution < 1.29 is 19.1 Å². The normalized spacial score (nSPS) is 11.8. The number of esters is 1. The first kappa shape index (κ1) is 20.0. The van der Waals surface area contributed by atoms with Gasteiger partial charge in [0.1, 0.15) is 5.60 Å². The van der Waals surface area contributed by atoms with E-state index >= 15 is 0 Å². The number of amides is 1. The maximum Gasteiger partial charge on any atom is 0.412 e. The largest absolute Gasteiger partial charge is 0.444 e. The molecule has 1 rings (SSSR count). The molecule has 0 bridgehead atoms. The minimum atomic E-state index is -0.597. The van der Waals surface area contributed by atoms with E-state index in [-0.39, 0.29) is 12.1 Å². The summed E-state index contributed by atoms with van der Waals surface area (Å²) < 4.78 is 10.7. The second-order valence-electron chi connectivity index (χ2n) is 7.98. The lowest BCUT2D eigenvalue weighted by Crippen LogP contribution is -2.40. The molecular weight excluding hydrogens is 306 g/mol. The fourth-order valence-electron chi connectivity index (χ4n) is 1.80. The van der Waals surface area contributed by atoms with Crippen LogP contribution in [0.15, 0.2) is 30.3 Å². The van der Waals surface area contributed by atoms with Crippen LogP contribution in [0.5, 0.6) is 0 Å². The molecule has 1 amide bonds. The summed E-state index contributed by atoms with van der Waals surface area (Å²) in [5.74, 6) is -0.458. The fraction of sp³-hybridized carbons (Fsp3) is 0.579. The van der Waals surface area contributed by atoms with Crippen molar-refractivity contribution >= 4 is 12.1 Å². The van der Waals surface area contributed by atoms with E-state index in [1.807, 2.05) is 26.8 Å². The Labute approximate surface area is 144 Å². The van der Waals surface area contributed by atoms with Crippen molar-refractivity contribution in [3.05, 3.63) is 35.9 Å². The van der Waals surface area contributed by atoms with E-state index in [2.05, 4.69) is 20.8 Å². The van der Waals surface area contributed by atoms with E-state index < -0.39 is 17.7 Å². The zero-order chi connectivity index (χ0) is 18.4. The molecule has 0 N–H and O–H groups in total. The monoisotopic (exact) mass is 335 g/mol. The second kappa shape index (κ2) is 8.18. The topological polar surface area (TPSA) is 55.8 Å². The van der Waals surface area contributed by atoms with Crippen LogP contribution in [-0.2, 0) is 9.47 Å². The predicted molar refractivity (Wildman–Crippen MR) is 93.7 cm³/mol. The van der Waals surface area contributed by atoms with E-state index in [9.17, 15) is 9.59 Å². The molecule has 0 fully saturated rings. The molecule has 0 aliphatic carbocycles. The van der Waals surface area contributed by atoms with Gasteiger partial charge in [-0.2, -0.15) is 0 Å². The van der Waals surface area contributed by atoms with Gasteiger partial charge >= 0.3 is 12.1 Å². The highest BCUT2D eigenvalue weighted by molar-refractivity contribution is 5.89. The van der Waals surface area contributed by atoms with Crippen LogP contribution in [0.2, 0.25) is 0 Å². The van der Waals surface area contributed by atoms with Crippen LogP contribution in [0.3, 0.4) is 0 Å². The first-order chi connectivity index (χ1) is 11.0. The smallest absolute Gasteiger partial charge is 0.412 e.